The molecule has 1 aromatic rings. The number of carbonyl (C=O) groups is 2. The van der Waals surface area contributed by atoms with Gasteiger partial charge in [0.2, 0.25) is 0 Å². The number of ether oxygens (including phenoxy) is 2. The van der Waals surface area contributed by atoms with E-state index in [1.165, 1.54) is 0 Å². The predicted octanol–water partition coefficient (Wildman–Crippen LogP) is 4.14. The molecule has 148 valence electrons. The van der Waals surface area contributed by atoms with Crippen molar-refractivity contribution in [2.45, 2.75) is 51.0 Å². The molecule has 1 aromatic carbocycles. The lowest BCUT2D eigenvalue weighted by Crippen LogP contribution is -2.35. The minimum absolute atomic E-state index is 0.0307. The van der Waals surface area contributed by atoms with Gasteiger partial charge in [0, 0.05) is 40.4 Å². The molecule has 5 nitrogen and oxygen atoms in total. The predicted molar refractivity (Wildman–Crippen MR) is 109 cm³/mol. The summed E-state index contributed by atoms with van der Waals surface area (Å²) in [4.78, 5) is 25.9. The molecule has 1 N–H and O–H groups in total. The maximum Gasteiger partial charge on any atom is 0.336 e. The van der Waals surface area contributed by atoms with Gasteiger partial charge in [0.1, 0.15) is 6.61 Å². The van der Waals surface area contributed by atoms with Crippen LogP contribution in [0.3, 0.4) is 0 Å². The molecule has 0 bridgehead atoms. The standard InChI is InChI=1S/C22H24BrNO4/c1-13-19(22(26)28-12-16-7-4-10-27-16)20(14-5-2-6-15(23)11-14)21-17(24-13)8-3-9-18(21)25/h2,5-6,11,16,20,24H,3-4,7-10,12H2,1H3/t16-,20+/m0/s1. The van der Waals surface area contributed by atoms with Gasteiger partial charge in [-0.1, -0.05) is 28.1 Å². The number of nitrogens with one attached hydrogen (secondary N) is 1. The van der Waals surface area contributed by atoms with Crippen LogP contribution in [0.5, 0.6) is 0 Å². The molecular weight excluding hydrogens is 422 g/mol. The molecule has 0 saturated carbocycles. The first-order valence-electron chi connectivity index (χ1n) is 9.83. The van der Waals surface area contributed by atoms with Gasteiger partial charge in [-0.05, 0) is 50.3 Å². The molecule has 0 spiro atoms. The lowest BCUT2D eigenvalue weighted by atomic mass is 9.75. The molecule has 3 aliphatic rings. The zero-order valence-electron chi connectivity index (χ0n) is 15.9. The summed E-state index contributed by atoms with van der Waals surface area (Å²) in [7, 11) is 0. The van der Waals surface area contributed by atoms with E-state index >= 15 is 0 Å². The van der Waals surface area contributed by atoms with Crippen LogP contribution in [0, 0.1) is 0 Å². The Labute approximate surface area is 173 Å². The van der Waals surface area contributed by atoms with Crippen LogP contribution >= 0.6 is 15.9 Å². The highest BCUT2D eigenvalue weighted by atomic mass is 79.9. The van der Waals surface area contributed by atoms with Crippen molar-refractivity contribution < 1.29 is 19.1 Å². The third kappa shape index (κ3) is 3.80. The molecule has 1 fully saturated rings. The highest BCUT2D eigenvalue weighted by molar-refractivity contribution is 9.10. The van der Waals surface area contributed by atoms with E-state index in [9.17, 15) is 9.59 Å². The van der Waals surface area contributed by atoms with Gasteiger partial charge in [0.05, 0.1) is 11.7 Å². The fourth-order valence-electron chi connectivity index (χ4n) is 4.30. The van der Waals surface area contributed by atoms with Gasteiger partial charge in [0.25, 0.3) is 0 Å². The van der Waals surface area contributed by atoms with E-state index < -0.39 is 5.92 Å². The Bertz CT molecular complexity index is 867. The van der Waals surface area contributed by atoms with Crippen LogP contribution in [0.1, 0.15) is 50.5 Å². The number of benzene rings is 1. The molecule has 0 unspecified atom stereocenters. The monoisotopic (exact) mass is 445 g/mol. The normalized spacial score (nSPS) is 24.9. The second-order valence-corrected chi connectivity index (χ2v) is 8.47. The first-order valence-corrected chi connectivity index (χ1v) is 10.6. The lowest BCUT2D eigenvalue weighted by molar-refractivity contribution is -0.142. The summed E-state index contributed by atoms with van der Waals surface area (Å²) < 4.78 is 12.1. The van der Waals surface area contributed by atoms with Crippen LogP contribution in [0.15, 0.2) is 51.3 Å². The summed E-state index contributed by atoms with van der Waals surface area (Å²) in [6.07, 6.45) is 4.05. The number of hydrogen-bond donors (Lipinski definition) is 1. The number of halogens is 1. The highest BCUT2D eigenvalue weighted by Crippen LogP contribution is 2.43. The van der Waals surface area contributed by atoms with Crippen molar-refractivity contribution in [2.75, 3.05) is 13.2 Å². The molecule has 4 rings (SSSR count). The lowest BCUT2D eigenvalue weighted by Gasteiger charge is -2.34. The number of allylic oxidation sites excluding steroid dienone is 3. The van der Waals surface area contributed by atoms with Gasteiger partial charge in [0.15, 0.2) is 5.78 Å². The number of carbonyl (C=O) groups excluding carboxylic acids is 2. The van der Waals surface area contributed by atoms with E-state index in [1.807, 2.05) is 31.2 Å². The van der Waals surface area contributed by atoms with Gasteiger partial charge >= 0.3 is 5.97 Å². The third-order valence-corrected chi connectivity index (χ3v) is 6.10. The average Bonchev–Trinajstić information content (AvgIpc) is 3.19. The quantitative estimate of drug-likeness (QED) is 0.705. The van der Waals surface area contributed by atoms with E-state index in [0.29, 0.717) is 17.6 Å². The average molecular weight is 446 g/mol. The summed E-state index contributed by atoms with van der Waals surface area (Å²) in [5.74, 6) is -0.676. The minimum Gasteiger partial charge on any atom is -0.459 e. The van der Waals surface area contributed by atoms with Crippen LogP contribution in [-0.4, -0.2) is 31.1 Å². The number of hydrogen-bond acceptors (Lipinski definition) is 5. The van der Waals surface area contributed by atoms with Gasteiger partial charge in [-0.2, -0.15) is 0 Å². The molecule has 2 heterocycles. The fraction of sp³-hybridized carbons (Fsp3) is 0.455. The maximum absolute atomic E-state index is 13.1. The summed E-state index contributed by atoms with van der Waals surface area (Å²) in [6, 6.07) is 7.81. The topological polar surface area (TPSA) is 64.6 Å². The van der Waals surface area contributed by atoms with Crippen LogP contribution in [-0.2, 0) is 19.1 Å². The summed E-state index contributed by atoms with van der Waals surface area (Å²) in [5, 5.41) is 3.32. The van der Waals surface area contributed by atoms with Crippen molar-refractivity contribution >= 4 is 27.7 Å². The molecule has 0 amide bonds. The van der Waals surface area contributed by atoms with Crippen LogP contribution in [0.2, 0.25) is 0 Å². The van der Waals surface area contributed by atoms with Crippen LogP contribution < -0.4 is 5.32 Å². The van der Waals surface area contributed by atoms with E-state index in [2.05, 4.69) is 21.2 Å². The van der Waals surface area contributed by atoms with Gasteiger partial charge < -0.3 is 14.8 Å². The zero-order chi connectivity index (χ0) is 19.7. The number of dihydropyridines is 1. The first kappa shape index (κ1) is 19.4. The molecule has 28 heavy (non-hydrogen) atoms. The van der Waals surface area contributed by atoms with Crippen molar-refractivity contribution in [2.24, 2.45) is 0 Å². The largest absolute Gasteiger partial charge is 0.459 e. The second kappa shape index (κ2) is 8.21. The molecule has 6 heteroatoms. The second-order valence-electron chi connectivity index (χ2n) is 7.55. The first-order chi connectivity index (χ1) is 13.5. The van der Waals surface area contributed by atoms with Crippen molar-refractivity contribution in [3.63, 3.8) is 0 Å². The zero-order valence-corrected chi connectivity index (χ0v) is 17.5. The Kier molecular flexibility index (Phi) is 5.69. The number of ketones is 1. The van der Waals surface area contributed by atoms with Crippen LogP contribution in [0.25, 0.3) is 0 Å². The molecule has 1 aliphatic carbocycles. The minimum atomic E-state index is -0.404. The SMILES string of the molecule is CC1=C(C(=O)OC[C@@H]2CCCO2)[C@@H](c2cccc(Br)c2)C2=C(CCCC2=O)N1. The Hall–Kier alpha value is -1.92. The van der Waals surface area contributed by atoms with Crippen molar-refractivity contribution in [3.8, 4) is 0 Å². The van der Waals surface area contributed by atoms with Gasteiger partial charge in [-0.25, -0.2) is 4.79 Å². The van der Waals surface area contributed by atoms with Crippen molar-refractivity contribution in [3.05, 3.63) is 56.8 Å². The van der Waals surface area contributed by atoms with Crippen molar-refractivity contribution in [1.29, 1.82) is 0 Å². The van der Waals surface area contributed by atoms with E-state index in [4.69, 9.17) is 9.47 Å². The number of esters is 1. The Morgan fingerprint density at radius 1 is 1.32 bits per heavy atom. The van der Waals surface area contributed by atoms with Gasteiger partial charge in [-0.15, -0.1) is 0 Å². The number of Topliss-reactive ketones (excluding diaryl/α,β-unsaturated/α-hetero) is 1. The van der Waals surface area contributed by atoms with Crippen LogP contribution in [0.4, 0.5) is 0 Å². The molecule has 2 atom stereocenters. The fourth-order valence-corrected chi connectivity index (χ4v) is 4.71. The molecule has 0 aromatic heterocycles. The molecule has 2 aliphatic heterocycles. The smallest absolute Gasteiger partial charge is 0.336 e. The van der Waals surface area contributed by atoms with Crippen molar-refractivity contribution in [1.82, 2.24) is 5.32 Å². The van der Waals surface area contributed by atoms with E-state index in [-0.39, 0.29) is 24.5 Å². The Morgan fingerprint density at radius 3 is 2.93 bits per heavy atom. The Balaban J connectivity index is 1.69. The summed E-state index contributed by atoms with van der Waals surface area (Å²) >= 11 is 3.51. The van der Waals surface area contributed by atoms with Gasteiger partial charge in [-0.3, -0.25) is 4.79 Å². The Morgan fingerprint density at radius 2 is 2.18 bits per heavy atom. The molecular formula is C22H24BrNO4. The highest BCUT2D eigenvalue weighted by Gasteiger charge is 2.39. The summed E-state index contributed by atoms with van der Waals surface area (Å²) in [5.41, 5.74) is 3.84. The summed E-state index contributed by atoms with van der Waals surface area (Å²) in [6.45, 7) is 2.86. The maximum atomic E-state index is 13.1. The third-order valence-electron chi connectivity index (χ3n) is 5.60. The number of rotatable bonds is 4. The van der Waals surface area contributed by atoms with E-state index in [0.717, 1.165) is 53.7 Å². The molecule has 0 radical (unpaired) electrons. The van der Waals surface area contributed by atoms with E-state index in [1.54, 1.807) is 0 Å². The molecule has 1 saturated heterocycles.